The molecule has 0 aliphatic carbocycles. The molecule has 0 N–H and O–H groups in total. The van der Waals surface area contributed by atoms with Crippen LogP contribution in [0.25, 0.3) is 0 Å². The average molecular weight is 147 g/mol. The van der Waals surface area contributed by atoms with Gasteiger partial charge in [-0.25, -0.2) is 0 Å². The van der Waals surface area contributed by atoms with Gasteiger partial charge in [0.1, 0.15) is 16.3 Å². The van der Waals surface area contributed by atoms with Crippen LogP contribution in [0.2, 0.25) is 5.28 Å². The molecule has 0 aromatic rings. The van der Waals surface area contributed by atoms with Gasteiger partial charge in [0, 0.05) is 0 Å². The molecular formula is C3H4AlBr. The van der Waals surface area contributed by atoms with E-state index in [1.807, 2.05) is 0 Å². The number of halogens is 1. The summed E-state index contributed by atoms with van der Waals surface area (Å²) in [5.41, 5.74) is 0. The number of terminal acetylenes is 1. The summed E-state index contributed by atoms with van der Waals surface area (Å²) in [6.45, 7) is 0. The molecule has 0 atom stereocenters. The van der Waals surface area contributed by atoms with Crippen molar-refractivity contribution in [3.05, 3.63) is 0 Å². The van der Waals surface area contributed by atoms with Crippen LogP contribution in [0.3, 0.4) is 0 Å². The molecule has 0 amide bonds. The van der Waals surface area contributed by atoms with Crippen LogP contribution in [0.5, 0.6) is 0 Å². The molecule has 26 valence electrons. The van der Waals surface area contributed by atoms with E-state index in [0.29, 0.717) is 0 Å². The molecule has 5 heavy (non-hydrogen) atoms. The minimum Gasteiger partial charge on any atom is -0.124 e. The predicted octanol–water partition coefficient (Wildman–Crippen LogP) is 0.784. The van der Waals surface area contributed by atoms with Crippen LogP contribution >= 0.6 is 17.0 Å². The maximum absolute atomic E-state index is 4.76. The molecule has 0 rings (SSSR count). The molecule has 0 aromatic heterocycles. The highest BCUT2D eigenvalue weighted by molar-refractivity contribution is 8.93. The number of rotatable bonds is 0. The Morgan fingerprint density at radius 3 is 2.00 bits per heavy atom. The Hall–Kier alpha value is 0.572. The topological polar surface area (TPSA) is 0 Å². The molecule has 0 spiro atoms. The van der Waals surface area contributed by atoms with Crippen molar-refractivity contribution in [3.8, 4) is 12.3 Å². The maximum atomic E-state index is 4.76. The molecule has 2 radical (unpaired) electrons. The Labute approximate surface area is 51.1 Å². The van der Waals surface area contributed by atoms with Crippen molar-refractivity contribution in [2.45, 2.75) is 5.28 Å². The summed E-state index contributed by atoms with van der Waals surface area (Å²) in [6.07, 6.45) is 4.76. The van der Waals surface area contributed by atoms with Crippen molar-refractivity contribution in [1.82, 2.24) is 0 Å². The molecule has 0 fully saturated rings. The van der Waals surface area contributed by atoms with Crippen LogP contribution in [-0.4, -0.2) is 16.3 Å². The van der Waals surface area contributed by atoms with Crippen LogP contribution in [-0.2, 0) is 0 Å². The zero-order chi connectivity index (χ0) is 3.41. The summed E-state index contributed by atoms with van der Waals surface area (Å²) in [6, 6.07) is 0. The molecule has 2 heteroatoms. The lowest BCUT2D eigenvalue weighted by Crippen LogP contribution is -1.48. The van der Waals surface area contributed by atoms with Crippen LogP contribution < -0.4 is 0 Å². The molecule has 0 saturated carbocycles. The second-order valence-electron chi connectivity index (χ2n) is 0.408. The van der Waals surface area contributed by atoms with Crippen molar-refractivity contribution in [3.63, 3.8) is 0 Å². The first-order chi connectivity index (χ1) is 1.91. The van der Waals surface area contributed by atoms with Crippen molar-refractivity contribution >= 4 is 33.3 Å². The van der Waals surface area contributed by atoms with E-state index in [1.54, 1.807) is 0 Å². The molecule has 0 nitrogen and oxygen atoms in total. The Bertz CT molecular complexity index is 36.6. The van der Waals surface area contributed by atoms with E-state index in [0.717, 1.165) is 5.28 Å². The number of hydrogen-bond acceptors (Lipinski definition) is 0. The van der Waals surface area contributed by atoms with E-state index in [1.165, 1.54) is 0 Å². The normalized spacial score (nSPS) is 3.80. The zero-order valence-corrected chi connectivity index (χ0v) is 5.64. The highest BCUT2D eigenvalue weighted by atomic mass is 79.9. The minimum atomic E-state index is 0. The van der Waals surface area contributed by atoms with Gasteiger partial charge in [-0.15, -0.1) is 29.3 Å². The Kier molecular flexibility index (Phi) is 16.1. The van der Waals surface area contributed by atoms with Gasteiger partial charge in [0.2, 0.25) is 0 Å². The van der Waals surface area contributed by atoms with Gasteiger partial charge in [-0.1, -0.05) is 5.28 Å². The Morgan fingerprint density at radius 2 is 2.00 bits per heavy atom. The van der Waals surface area contributed by atoms with Gasteiger partial charge in [-0.05, 0) is 0 Å². The summed E-state index contributed by atoms with van der Waals surface area (Å²) in [4.78, 5) is 0. The second kappa shape index (κ2) is 8.82. The second-order valence-corrected chi connectivity index (χ2v) is 0.816. The van der Waals surface area contributed by atoms with Crippen molar-refractivity contribution in [2.24, 2.45) is 0 Å². The lowest BCUT2D eigenvalue weighted by Gasteiger charge is -1.52. The quantitative estimate of drug-likeness (QED) is 0.351. The van der Waals surface area contributed by atoms with Crippen molar-refractivity contribution < 1.29 is 0 Å². The van der Waals surface area contributed by atoms with Crippen molar-refractivity contribution in [2.75, 3.05) is 0 Å². The third-order valence-corrected chi connectivity index (χ3v) is 0.354. The lowest BCUT2D eigenvalue weighted by atomic mass is 10.8. The first-order valence-corrected chi connectivity index (χ1v) is 1.87. The Balaban J connectivity index is 0. The van der Waals surface area contributed by atoms with Crippen LogP contribution in [0, 0.1) is 12.3 Å². The predicted molar refractivity (Wildman–Crippen MR) is 29.7 cm³/mol. The van der Waals surface area contributed by atoms with E-state index in [-0.39, 0.29) is 17.0 Å². The third-order valence-electron chi connectivity index (χ3n) is 0.118. The summed E-state index contributed by atoms with van der Waals surface area (Å²) in [7, 11) is 0. The number of hydrogen-bond donors (Lipinski definition) is 0. The Morgan fingerprint density at radius 1 is 1.80 bits per heavy atom. The largest absolute Gasteiger partial charge is 0.139 e. The van der Waals surface area contributed by atoms with Gasteiger partial charge >= 0.3 is 0 Å². The first kappa shape index (κ1) is 9.13. The van der Waals surface area contributed by atoms with Gasteiger partial charge in [0.05, 0.1) is 0 Å². The van der Waals surface area contributed by atoms with Gasteiger partial charge in [0.15, 0.2) is 0 Å². The fourth-order valence-electron chi connectivity index (χ4n) is 0. The average Bonchev–Trinajstić information content (AvgIpc) is 1.37. The van der Waals surface area contributed by atoms with E-state index < -0.39 is 0 Å². The van der Waals surface area contributed by atoms with Gasteiger partial charge < -0.3 is 0 Å². The summed E-state index contributed by atoms with van der Waals surface area (Å²) >= 11 is 2.42. The van der Waals surface area contributed by atoms with Crippen molar-refractivity contribution in [1.29, 1.82) is 0 Å². The van der Waals surface area contributed by atoms with E-state index in [9.17, 15) is 0 Å². The van der Waals surface area contributed by atoms with Crippen LogP contribution in [0.1, 0.15) is 0 Å². The molecule has 0 aliphatic rings. The molecule has 0 aliphatic heterocycles. The van der Waals surface area contributed by atoms with E-state index >= 15 is 0 Å². The molecule has 0 aromatic carbocycles. The third kappa shape index (κ3) is 12.2. The smallest absolute Gasteiger partial charge is 0.124 e. The minimum absolute atomic E-state index is 0. The highest BCUT2D eigenvalue weighted by Crippen LogP contribution is 1.52. The van der Waals surface area contributed by atoms with Gasteiger partial charge in [0.25, 0.3) is 0 Å². The standard InChI is InChI=1S/C3H3.Al.BrH/c1-3-2;;/h1H,2H2;;1H. The van der Waals surface area contributed by atoms with Gasteiger partial charge in [-0.2, -0.15) is 0 Å². The van der Waals surface area contributed by atoms with Crippen LogP contribution in [0.15, 0.2) is 0 Å². The van der Waals surface area contributed by atoms with Crippen LogP contribution in [0.4, 0.5) is 0 Å². The maximum Gasteiger partial charge on any atom is 0.139 e. The lowest BCUT2D eigenvalue weighted by molar-refractivity contribution is 1.89. The molecule has 0 unspecified atom stereocenters. The van der Waals surface area contributed by atoms with Gasteiger partial charge in [-0.3, -0.25) is 0 Å². The van der Waals surface area contributed by atoms with E-state index in [2.05, 4.69) is 22.2 Å². The fourth-order valence-corrected chi connectivity index (χ4v) is 0. The van der Waals surface area contributed by atoms with E-state index in [4.69, 9.17) is 6.42 Å². The highest BCUT2D eigenvalue weighted by Gasteiger charge is 1.44. The zero-order valence-electron chi connectivity index (χ0n) is 2.77. The molecule has 0 heterocycles. The summed E-state index contributed by atoms with van der Waals surface area (Å²) in [5, 5.41) is 0.764. The molecule has 0 bridgehead atoms. The summed E-state index contributed by atoms with van der Waals surface area (Å²) in [5.74, 6) is 2.39. The molecular weight excluding hydrogens is 143 g/mol. The molecule has 0 saturated heterocycles. The summed E-state index contributed by atoms with van der Waals surface area (Å²) < 4.78 is 0. The monoisotopic (exact) mass is 146 g/mol. The first-order valence-electron chi connectivity index (χ1n) is 1.05. The SMILES string of the molecule is Br.C#C[CH2][Al]. The fraction of sp³-hybridized carbons (Fsp3) is 0.333.